The third-order valence-electron chi connectivity index (χ3n) is 2.69. The molecule has 0 fully saturated rings. The number of aromatic nitrogens is 1. The van der Waals surface area contributed by atoms with Crippen LogP contribution >= 0.6 is 23.2 Å². The topological polar surface area (TPSA) is 43.1 Å². The standard InChI is InChI=1S/C14H7Cl2NO2/c15-8-5-6-12-10(7-8)13(18)17-14(19-12)9-3-1-2-4-11(9)16/h1-7H. The van der Waals surface area contributed by atoms with Gasteiger partial charge in [0.05, 0.1) is 16.0 Å². The minimum absolute atomic E-state index is 0.199. The smallest absolute Gasteiger partial charge is 0.284 e. The Morgan fingerprint density at radius 1 is 1.05 bits per heavy atom. The van der Waals surface area contributed by atoms with Crippen molar-refractivity contribution in [3.8, 4) is 11.5 Å². The van der Waals surface area contributed by atoms with Crippen molar-refractivity contribution < 1.29 is 4.42 Å². The maximum Gasteiger partial charge on any atom is 0.284 e. The van der Waals surface area contributed by atoms with Crippen LogP contribution in [0, 0.1) is 0 Å². The normalized spacial score (nSPS) is 10.8. The highest BCUT2D eigenvalue weighted by Gasteiger charge is 2.11. The number of hydrogen-bond donors (Lipinski definition) is 0. The fourth-order valence-electron chi connectivity index (χ4n) is 1.79. The predicted molar refractivity (Wildman–Crippen MR) is 75.7 cm³/mol. The first-order chi connectivity index (χ1) is 9.15. The molecule has 0 spiro atoms. The second kappa shape index (κ2) is 4.68. The third-order valence-corrected chi connectivity index (χ3v) is 3.25. The number of rotatable bonds is 1. The largest absolute Gasteiger partial charge is 0.437 e. The maximum absolute atomic E-state index is 12.0. The highest BCUT2D eigenvalue weighted by Crippen LogP contribution is 2.27. The fourth-order valence-corrected chi connectivity index (χ4v) is 2.18. The number of halogens is 2. The Hall–Kier alpha value is -1.84. The molecule has 0 aliphatic carbocycles. The zero-order valence-corrected chi connectivity index (χ0v) is 11.1. The zero-order valence-electron chi connectivity index (χ0n) is 9.56. The first kappa shape index (κ1) is 12.2. The van der Waals surface area contributed by atoms with Gasteiger partial charge in [-0.05, 0) is 30.3 Å². The van der Waals surface area contributed by atoms with E-state index >= 15 is 0 Å². The molecule has 0 unspecified atom stereocenters. The summed E-state index contributed by atoms with van der Waals surface area (Å²) in [5, 5.41) is 1.29. The molecule has 0 radical (unpaired) electrons. The van der Waals surface area contributed by atoms with E-state index in [4.69, 9.17) is 27.6 Å². The van der Waals surface area contributed by atoms with E-state index in [1.807, 2.05) is 0 Å². The zero-order chi connectivity index (χ0) is 13.4. The van der Waals surface area contributed by atoms with Gasteiger partial charge in [0.1, 0.15) is 5.58 Å². The summed E-state index contributed by atoms with van der Waals surface area (Å²) in [6, 6.07) is 11.9. The van der Waals surface area contributed by atoms with Crippen LogP contribution in [-0.4, -0.2) is 4.98 Å². The highest BCUT2D eigenvalue weighted by molar-refractivity contribution is 6.33. The van der Waals surface area contributed by atoms with Crippen LogP contribution in [0.5, 0.6) is 0 Å². The van der Waals surface area contributed by atoms with E-state index in [9.17, 15) is 4.79 Å². The molecule has 5 heteroatoms. The summed E-state index contributed by atoms with van der Waals surface area (Å²) in [5.74, 6) is 0.199. The van der Waals surface area contributed by atoms with Crippen LogP contribution in [0.3, 0.4) is 0 Å². The van der Waals surface area contributed by atoms with Gasteiger partial charge in [-0.2, -0.15) is 4.98 Å². The molecule has 0 aliphatic rings. The summed E-state index contributed by atoms with van der Waals surface area (Å²) >= 11 is 11.9. The summed E-state index contributed by atoms with van der Waals surface area (Å²) < 4.78 is 5.61. The van der Waals surface area contributed by atoms with E-state index < -0.39 is 5.56 Å². The molecule has 0 N–H and O–H groups in total. The van der Waals surface area contributed by atoms with Gasteiger partial charge in [0.2, 0.25) is 5.89 Å². The SMILES string of the molecule is O=c1nc(-c2ccccc2Cl)oc2ccc(Cl)cc12. The monoisotopic (exact) mass is 291 g/mol. The van der Waals surface area contributed by atoms with E-state index in [1.54, 1.807) is 36.4 Å². The van der Waals surface area contributed by atoms with Gasteiger partial charge in [-0.1, -0.05) is 35.3 Å². The van der Waals surface area contributed by atoms with E-state index in [-0.39, 0.29) is 5.89 Å². The first-order valence-corrected chi connectivity index (χ1v) is 6.26. The molecule has 2 aromatic carbocycles. The van der Waals surface area contributed by atoms with Crippen molar-refractivity contribution in [2.75, 3.05) is 0 Å². The number of benzene rings is 2. The Balaban J connectivity index is 2.31. The fraction of sp³-hybridized carbons (Fsp3) is 0. The van der Waals surface area contributed by atoms with Crippen LogP contribution in [0.2, 0.25) is 10.0 Å². The Bertz CT molecular complexity index is 827. The lowest BCUT2D eigenvalue weighted by atomic mass is 10.2. The molecule has 94 valence electrons. The second-order valence-corrected chi connectivity index (χ2v) is 4.79. The molecule has 1 heterocycles. The third kappa shape index (κ3) is 2.23. The van der Waals surface area contributed by atoms with E-state index in [1.165, 1.54) is 6.07 Å². The molecule has 3 nitrogen and oxygen atoms in total. The van der Waals surface area contributed by atoms with Gasteiger partial charge in [-0.3, -0.25) is 4.79 Å². The van der Waals surface area contributed by atoms with E-state index in [0.717, 1.165) is 0 Å². The molecule has 19 heavy (non-hydrogen) atoms. The summed E-state index contributed by atoms with van der Waals surface area (Å²) in [6.07, 6.45) is 0. The van der Waals surface area contributed by atoms with E-state index in [0.29, 0.717) is 26.6 Å². The van der Waals surface area contributed by atoms with Crippen molar-refractivity contribution in [3.05, 3.63) is 62.9 Å². The molecule has 0 saturated carbocycles. The van der Waals surface area contributed by atoms with Gasteiger partial charge in [0.15, 0.2) is 0 Å². The molecule has 3 aromatic rings. The summed E-state index contributed by atoms with van der Waals surface area (Å²) in [5.41, 5.74) is 0.621. The Kier molecular flexibility index (Phi) is 3.01. The van der Waals surface area contributed by atoms with Crippen molar-refractivity contribution in [2.24, 2.45) is 0 Å². The van der Waals surface area contributed by atoms with E-state index in [2.05, 4.69) is 4.98 Å². The van der Waals surface area contributed by atoms with Crippen molar-refractivity contribution in [3.63, 3.8) is 0 Å². The van der Waals surface area contributed by atoms with Gasteiger partial charge in [-0.25, -0.2) is 0 Å². The lowest BCUT2D eigenvalue weighted by Crippen LogP contribution is -2.07. The molecular formula is C14H7Cl2NO2. The van der Waals surface area contributed by atoms with Crippen molar-refractivity contribution in [1.82, 2.24) is 4.98 Å². The van der Waals surface area contributed by atoms with Gasteiger partial charge >= 0.3 is 0 Å². The van der Waals surface area contributed by atoms with Crippen LogP contribution in [0.4, 0.5) is 0 Å². The average molecular weight is 292 g/mol. The molecule has 0 saturated heterocycles. The lowest BCUT2D eigenvalue weighted by molar-refractivity contribution is 0.595. The molecule has 0 amide bonds. The van der Waals surface area contributed by atoms with Crippen molar-refractivity contribution in [1.29, 1.82) is 0 Å². The average Bonchev–Trinajstić information content (AvgIpc) is 2.40. The van der Waals surface area contributed by atoms with Crippen LogP contribution in [-0.2, 0) is 0 Å². The number of fused-ring (bicyclic) bond motifs is 1. The summed E-state index contributed by atoms with van der Waals surface area (Å²) in [6.45, 7) is 0. The molecule has 0 bridgehead atoms. The minimum atomic E-state index is -0.390. The number of hydrogen-bond acceptors (Lipinski definition) is 3. The summed E-state index contributed by atoms with van der Waals surface area (Å²) in [7, 11) is 0. The summed E-state index contributed by atoms with van der Waals surface area (Å²) in [4.78, 5) is 15.9. The van der Waals surface area contributed by atoms with Gasteiger partial charge < -0.3 is 4.42 Å². The number of nitrogens with zero attached hydrogens (tertiary/aromatic N) is 1. The highest BCUT2D eigenvalue weighted by atomic mass is 35.5. The molecule has 0 atom stereocenters. The van der Waals surface area contributed by atoms with Gasteiger partial charge in [0, 0.05) is 5.02 Å². The molecule has 3 rings (SSSR count). The first-order valence-electron chi connectivity index (χ1n) is 5.50. The van der Waals surface area contributed by atoms with Crippen molar-refractivity contribution in [2.45, 2.75) is 0 Å². The van der Waals surface area contributed by atoms with Crippen LogP contribution in [0.25, 0.3) is 22.4 Å². The van der Waals surface area contributed by atoms with Gasteiger partial charge in [0.25, 0.3) is 5.56 Å². The Morgan fingerprint density at radius 3 is 2.63 bits per heavy atom. The second-order valence-electron chi connectivity index (χ2n) is 3.94. The molecule has 0 aliphatic heterocycles. The van der Waals surface area contributed by atoms with Crippen LogP contribution in [0.15, 0.2) is 51.7 Å². The van der Waals surface area contributed by atoms with Crippen LogP contribution < -0.4 is 5.56 Å². The Morgan fingerprint density at radius 2 is 1.84 bits per heavy atom. The predicted octanol–water partition coefficient (Wildman–Crippen LogP) is 4.16. The van der Waals surface area contributed by atoms with Gasteiger partial charge in [-0.15, -0.1) is 0 Å². The minimum Gasteiger partial charge on any atom is -0.437 e. The van der Waals surface area contributed by atoms with Crippen molar-refractivity contribution >= 4 is 34.2 Å². The lowest BCUT2D eigenvalue weighted by Gasteiger charge is -2.03. The molecular weight excluding hydrogens is 285 g/mol. The maximum atomic E-state index is 12.0. The quantitative estimate of drug-likeness (QED) is 0.676. The molecule has 1 aromatic heterocycles. The Labute approximate surface area is 118 Å². The van der Waals surface area contributed by atoms with Crippen LogP contribution in [0.1, 0.15) is 0 Å².